The van der Waals surface area contributed by atoms with Crippen LogP contribution in [0.3, 0.4) is 0 Å². The van der Waals surface area contributed by atoms with Gasteiger partial charge in [0.25, 0.3) is 11.6 Å². The molecular weight excluding hydrogens is 452 g/mol. The summed E-state index contributed by atoms with van der Waals surface area (Å²) in [6, 6.07) is 12.0. The van der Waals surface area contributed by atoms with Crippen LogP contribution in [-0.2, 0) is 0 Å². The molecule has 1 amide bonds. The van der Waals surface area contributed by atoms with Gasteiger partial charge in [-0.2, -0.15) is 4.68 Å². The van der Waals surface area contributed by atoms with E-state index in [-0.39, 0.29) is 11.6 Å². The lowest BCUT2D eigenvalue weighted by atomic mass is 10.1. The van der Waals surface area contributed by atoms with Gasteiger partial charge in [-0.25, -0.2) is 9.97 Å². The van der Waals surface area contributed by atoms with Gasteiger partial charge in [0.2, 0.25) is 0 Å². The Bertz CT molecular complexity index is 1410. The number of aromatic nitrogens is 5. The van der Waals surface area contributed by atoms with E-state index in [2.05, 4.69) is 20.3 Å². The van der Waals surface area contributed by atoms with Crippen LogP contribution in [0, 0.1) is 17.0 Å². The van der Waals surface area contributed by atoms with Crippen LogP contribution in [0.4, 0.5) is 11.5 Å². The van der Waals surface area contributed by atoms with E-state index in [1.54, 1.807) is 35.7 Å². The first-order chi connectivity index (χ1) is 17.0. The number of hydrogen-bond donors (Lipinski definition) is 0. The first kappa shape index (κ1) is 22.2. The zero-order chi connectivity index (χ0) is 24.5. The highest BCUT2D eigenvalue weighted by Crippen LogP contribution is 2.26. The van der Waals surface area contributed by atoms with E-state index >= 15 is 0 Å². The van der Waals surface area contributed by atoms with E-state index in [0.29, 0.717) is 54.3 Å². The van der Waals surface area contributed by atoms with Crippen LogP contribution in [0.1, 0.15) is 15.9 Å². The highest BCUT2D eigenvalue weighted by atomic mass is 16.6. The topological polar surface area (TPSA) is 132 Å². The van der Waals surface area contributed by atoms with Crippen LogP contribution in [0.15, 0.2) is 48.8 Å². The average molecular weight is 474 g/mol. The Kier molecular flexibility index (Phi) is 5.69. The van der Waals surface area contributed by atoms with Crippen molar-refractivity contribution >= 4 is 28.6 Å². The van der Waals surface area contributed by atoms with Gasteiger partial charge in [0.1, 0.15) is 12.1 Å². The van der Waals surface area contributed by atoms with Crippen LogP contribution in [0.2, 0.25) is 0 Å². The van der Waals surface area contributed by atoms with Crippen LogP contribution in [0.5, 0.6) is 5.75 Å². The van der Waals surface area contributed by atoms with Crippen molar-refractivity contribution in [3.8, 4) is 11.4 Å². The maximum absolute atomic E-state index is 13.1. The van der Waals surface area contributed by atoms with Crippen molar-refractivity contribution in [3.63, 3.8) is 0 Å². The lowest BCUT2D eigenvalue weighted by molar-refractivity contribution is -0.385. The zero-order valence-electron chi connectivity index (χ0n) is 19.2. The molecule has 4 aromatic rings. The Hall–Kier alpha value is -4.61. The van der Waals surface area contributed by atoms with Gasteiger partial charge < -0.3 is 14.5 Å². The number of amides is 1. The first-order valence-corrected chi connectivity index (χ1v) is 11.0. The predicted octanol–water partition coefficient (Wildman–Crippen LogP) is 2.40. The molecule has 178 valence electrons. The predicted molar refractivity (Wildman–Crippen MR) is 127 cm³/mol. The standard InChI is InChI=1S/C23H22N8O4/c1-15-18(4-3-5-19(15)31(33)34)23(32)29-12-10-28(11-13-29)21-20-22(25-14-24-21)30(27-26-20)16-6-8-17(35-2)9-7-16/h3-9,14H,10-13H2,1-2H3. The number of piperazine rings is 1. The van der Waals surface area contributed by atoms with Crippen molar-refractivity contribution in [1.82, 2.24) is 29.9 Å². The molecule has 0 atom stereocenters. The fourth-order valence-corrected chi connectivity index (χ4v) is 4.21. The minimum absolute atomic E-state index is 0.0576. The molecule has 0 aliphatic carbocycles. The molecule has 0 radical (unpaired) electrons. The SMILES string of the molecule is COc1ccc(-n2nnc3c(N4CCN(C(=O)c5cccc([N+](=O)[O-])c5C)CC4)ncnc32)cc1. The van der Waals surface area contributed by atoms with Crippen molar-refractivity contribution in [2.24, 2.45) is 0 Å². The van der Waals surface area contributed by atoms with Gasteiger partial charge in [0, 0.05) is 43.4 Å². The summed E-state index contributed by atoms with van der Waals surface area (Å²) in [5, 5.41) is 19.8. The molecule has 0 bridgehead atoms. The van der Waals surface area contributed by atoms with Gasteiger partial charge in [-0.15, -0.1) is 5.10 Å². The van der Waals surface area contributed by atoms with Gasteiger partial charge in [-0.1, -0.05) is 11.3 Å². The fraction of sp³-hybridized carbons (Fsp3) is 0.261. The highest BCUT2D eigenvalue weighted by molar-refractivity contribution is 5.96. The molecule has 0 N–H and O–H groups in total. The number of carbonyl (C=O) groups excluding carboxylic acids is 1. The van der Waals surface area contributed by atoms with Crippen LogP contribution >= 0.6 is 0 Å². The van der Waals surface area contributed by atoms with Gasteiger partial charge >= 0.3 is 0 Å². The lowest BCUT2D eigenvalue weighted by Crippen LogP contribution is -2.49. The second-order valence-corrected chi connectivity index (χ2v) is 8.05. The highest BCUT2D eigenvalue weighted by Gasteiger charge is 2.27. The van der Waals surface area contributed by atoms with Gasteiger partial charge in [-0.3, -0.25) is 14.9 Å². The van der Waals surface area contributed by atoms with Crippen LogP contribution in [0.25, 0.3) is 16.9 Å². The summed E-state index contributed by atoms with van der Waals surface area (Å²) in [4.78, 5) is 36.4. The summed E-state index contributed by atoms with van der Waals surface area (Å²) in [5.74, 6) is 1.17. The number of methoxy groups -OCH3 is 1. The van der Waals surface area contributed by atoms with Gasteiger partial charge in [0.05, 0.1) is 17.7 Å². The number of nitrogens with zero attached hydrogens (tertiary/aromatic N) is 8. The fourth-order valence-electron chi connectivity index (χ4n) is 4.21. The number of ether oxygens (including phenoxy) is 1. The Morgan fingerprint density at radius 2 is 1.80 bits per heavy atom. The maximum Gasteiger partial charge on any atom is 0.273 e. The average Bonchev–Trinajstić information content (AvgIpc) is 3.33. The second kappa shape index (κ2) is 8.97. The monoisotopic (exact) mass is 474 g/mol. The van der Waals surface area contributed by atoms with Crippen molar-refractivity contribution in [2.75, 3.05) is 38.2 Å². The molecule has 5 rings (SSSR count). The molecule has 2 aromatic heterocycles. The number of fused-ring (bicyclic) bond motifs is 1. The summed E-state index contributed by atoms with van der Waals surface area (Å²) < 4.78 is 6.86. The van der Waals surface area contributed by atoms with Crippen LogP contribution < -0.4 is 9.64 Å². The molecule has 1 aliphatic heterocycles. The van der Waals surface area contributed by atoms with Crippen LogP contribution in [-0.4, -0.2) is 74.0 Å². The van der Waals surface area contributed by atoms with Crippen molar-refractivity contribution in [3.05, 3.63) is 70.0 Å². The first-order valence-electron chi connectivity index (χ1n) is 11.0. The van der Waals surface area contributed by atoms with Crippen molar-refractivity contribution < 1.29 is 14.5 Å². The molecule has 12 nitrogen and oxygen atoms in total. The molecule has 0 unspecified atom stereocenters. The third kappa shape index (κ3) is 3.98. The van der Waals surface area contributed by atoms with E-state index in [1.807, 2.05) is 29.2 Å². The normalized spacial score (nSPS) is 13.8. The molecule has 1 saturated heterocycles. The molecule has 2 aromatic carbocycles. The number of anilines is 1. The van der Waals surface area contributed by atoms with E-state index in [0.717, 1.165) is 11.4 Å². The number of carbonyl (C=O) groups is 1. The van der Waals surface area contributed by atoms with Crippen molar-refractivity contribution in [2.45, 2.75) is 6.92 Å². The lowest BCUT2D eigenvalue weighted by Gasteiger charge is -2.35. The minimum atomic E-state index is -0.469. The summed E-state index contributed by atoms with van der Waals surface area (Å²) in [5.41, 5.74) is 2.60. The Morgan fingerprint density at radius 1 is 1.06 bits per heavy atom. The van der Waals surface area contributed by atoms with Crippen molar-refractivity contribution in [1.29, 1.82) is 0 Å². The van der Waals surface area contributed by atoms with Gasteiger partial charge in [-0.05, 0) is 37.3 Å². The largest absolute Gasteiger partial charge is 0.497 e. The molecular formula is C23H22N8O4. The number of benzene rings is 2. The minimum Gasteiger partial charge on any atom is -0.497 e. The molecule has 1 aliphatic rings. The third-order valence-corrected chi connectivity index (χ3v) is 6.13. The number of rotatable bonds is 5. The Labute approximate surface area is 199 Å². The Balaban J connectivity index is 1.35. The number of hydrogen-bond acceptors (Lipinski definition) is 9. The second-order valence-electron chi connectivity index (χ2n) is 8.05. The number of nitro groups is 1. The summed E-state index contributed by atoms with van der Waals surface area (Å²) >= 11 is 0. The summed E-state index contributed by atoms with van der Waals surface area (Å²) in [7, 11) is 1.61. The molecule has 12 heteroatoms. The van der Waals surface area contributed by atoms with Gasteiger partial charge in [0.15, 0.2) is 17.0 Å². The quantitative estimate of drug-likeness (QED) is 0.316. The number of nitro benzene ring substituents is 1. The molecule has 0 spiro atoms. The molecule has 1 fully saturated rings. The Morgan fingerprint density at radius 3 is 2.49 bits per heavy atom. The molecule has 35 heavy (non-hydrogen) atoms. The van der Waals surface area contributed by atoms with E-state index in [1.165, 1.54) is 12.4 Å². The zero-order valence-corrected chi connectivity index (χ0v) is 19.2. The van der Waals surface area contributed by atoms with E-state index < -0.39 is 4.92 Å². The van der Waals surface area contributed by atoms with E-state index in [9.17, 15) is 14.9 Å². The smallest absolute Gasteiger partial charge is 0.273 e. The van der Waals surface area contributed by atoms with E-state index in [4.69, 9.17) is 4.74 Å². The summed E-state index contributed by atoms with van der Waals surface area (Å²) in [6.45, 7) is 3.55. The molecule has 3 heterocycles. The maximum atomic E-state index is 13.1. The third-order valence-electron chi connectivity index (χ3n) is 6.13. The molecule has 0 saturated carbocycles. The summed E-state index contributed by atoms with van der Waals surface area (Å²) in [6.07, 6.45) is 1.48.